The Balaban J connectivity index is 1.18. The average molecular weight is 753 g/mol. The van der Waals surface area contributed by atoms with Crippen LogP contribution in [0.5, 0.6) is 0 Å². The molecule has 4 nitrogen and oxygen atoms in total. The van der Waals surface area contributed by atoms with E-state index < -0.39 is 0 Å². The van der Waals surface area contributed by atoms with E-state index in [1.165, 1.54) is 76.4 Å². The largest absolute Gasteiger partial charge is 0.309 e. The summed E-state index contributed by atoms with van der Waals surface area (Å²) < 4.78 is 4.86. The zero-order chi connectivity index (χ0) is 39.0. The summed E-state index contributed by atoms with van der Waals surface area (Å²) in [6, 6.07) is 66.3. The van der Waals surface area contributed by atoms with Crippen LogP contribution < -0.4 is 0 Å². The number of benzene rings is 9. The highest BCUT2D eigenvalue weighted by atomic mass is 15.1. The van der Waals surface area contributed by atoms with Gasteiger partial charge in [0.15, 0.2) is 5.82 Å². The molecule has 0 atom stereocenters. The van der Waals surface area contributed by atoms with Crippen LogP contribution in [0, 0.1) is 0 Å². The molecule has 12 aromatic rings. The zero-order valence-corrected chi connectivity index (χ0v) is 32.6. The molecule has 0 saturated heterocycles. The Morgan fingerprint density at radius 3 is 1.90 bits per heavy atom. The van der Waals surface area contributed by atoms with Gasteiger partial charge in [0.05, 0.1) is 33.1 Å². The summed E-state index contributed by atoms with van der Waals surface area (Å²) in [5.41, 5.74) is 14.3. The molecule has 0 spiro atoms. The van der Waals surface area contributed by atoms with E-state index in [0.717, 1.165) is 44.8 Å². The second-order valence-electron chi connectivity index (χ2n) is 16.6. The molecule has 3 aromatic heterocycles. The van der Waals surface area contributed by atoms with Gasteiger partial charge >= 0.3 is 0 Å². The Kier molecular flexibility index (Phi) is 6.48. The van der Waals surface area contributed by atoms with Crippen LogP contribution in [-0.4, -0.2) is 19.1 Å². The van der Waals surface area contributed by atoms with E-state index >= 15 is 0 Å². The van der Waals surface area contributed by atoms with E-state index in [9.17, 15) is 0 Å². The second-order valence-corrected chi connectivity index (χ2v) is 16.6. The van der Waals surface area contributed by atoms with E-state index in [1.807, 2.05) is 0 Å². The van der Waals surface area contributed by atoms with Crippen molar-refractivity contribution in [3.63, 3.8) is 0 Å². The normalized spacial score (nSPS) is 13.4. The Labute approximate surface area is 340 Å². The summed E-state index contributed by atoms with van der Waals surface area (Å²) in [5.74, 6) is 0.823. The maximum absolute atomic E-state index is 5.62. The van der Waals surface area contributed by atoms with Gasteiger partial charge in [-0.1, -0.05) is 153 Å². The summed E-state index contributed by atoms with van der Waals surface area (Å²) >= 11 is 0. The molecular formula is C55H36N4. The van der Waals surface area contributed by atoms with Gasteiger partial charge in [0.25, 0.3) is 0 Å². The average Bonchev–Trinajstić information content (AvgIpc) is 3.87. The quantitative estimate of drug-likeness (QED) is 0.180. The number of nitrogens with zero attached hydrogens (tertiary/aromatic N) is 4. The van der Waals surface area contributed by atoms with Crippen LogP contribution >= 0.6 is 0 Å². The Morgan fingerprint density at radius 2 is 1.03 bits per heavy atom. The van der Waals surface area contributed by atoms with Crippen LogP contribution in [0.3, 0.4) is 0 Å². The molecule has 0 aliphatic heterocycles. The smallest absolute Gasteiger partial charge is 0.165 e. The highest BCUT2D eigenvalue weighted by molar-refractivity contribution is 6.19. The molecule has 0 fully saturated rings. The SMILES string of the molecule is CC1(C)c2ccccc2-c2cccc(-c3nc4ccccc4nc3-n3c4cc(-n5c6ccccc6c6ccc7ccccc7c65)ccc4c4cc5ccccc5cc43)c21. The van der Waals surface area contributed by atoms with Gasteiger partial charge in [-0.05, 0) is 80.9 Å². The van der Waals surface area contributed by atoms with Crippen molar-refractivity contribution in [3.8, 4) is 33.9 Å². The van der Waals surface area contributed by atoms with Crippen molar-refractivity contribution in [1.29, 1.82) is 0 Å². The van der Waals surface area contributed by atoms with Crippen molar-refractivity contribution in [1.82, 2.24) is 19.1 Å². The lowest BCUT2D eigenvalue weighted by Gasteiger charge is -2.25. The van der Waals surface area contributed by atoms with E-state index in [4.69, 9.17) is 9.97 Å². The van der Waals surface area contributed by atoms with Gasteiger partial charge in [-0.25, -0.2) is 9.97 Å². The first-order chi connectivity index (χ1) is 29.0. The zero-order valence-electron chi connectivity index (χ0n) is 32.6. The summed E-state index contributed by atoms with van der Waals surface area (Å²) in [7, 11) is 0. The van der Waals surface area contributed by atoms with E-state index in [0.29, 0.717) is 0 Å². The minimum absolute atomic E-state index is 0.239. The van der Waals surface area contributed by atoms with Gasteiger partial charge in [-0.3, -0.25) is 4.57 Å². The summed E-state index contributed by atoms with van der Waals surface area (Å²) in [6.07, 6.45) is 0. The number of hydrogen-bond acceptors (Lipinski definition) is 2. The van der Waals surface area contributed by atoms with E-state index in [1.54, 1.807) is 0 Å². The lowest BCUT2D eigenvalue weighted by atomic mass is 9.79. The standard InChI is InChI=1S/C55H36N4/c1-55(2)45-22-9-7-18-38(45)41-20-13-21-43(51(41)55)52-54(57-47-24-11-10-23-46(47)56-52)59-49-31-35-16-4-3-15-34(35)30-44(49)40-29-27-36(32-50(40)59)58-48-25-12-8-19-39(48)42-28-26-33-14-5-6-17-37(33)53(42)58/h3-32H,1-2H3. The topological polar surface area (TPSA) is 35.6 Å². The third kappa shape index (κ3) is 4.43. The molecule has 59 heavy (non-hydrogen) atoms. The molecule has 0 N–H and O–H groups in total. The van der Waals surface area contributed by atoms with Gasteiger partial charge in [0.2, 0.25) is 0 Å². The van der Waals surface area contributed by atoms with Crippen molar-refractivity contribution < 1.29 is 0 Å². The monoisotopic (exact) mass is 752 g/mol. The number of para-hydroxylation sites is 3. The maximum Gasteiger partial charge on any atom is 0.165 e. The molecule has 1 aliphatic carbocycles. The lowest BCUT2D eigenvalue weighted by Crippen LogP contribution is -2.17. The van der Waals surface area contributed by atoms with E-state index in [2.05, 4.69) is 205 Å². The van der Waals surface area contributed by atoms with Crippen molar-refractivity contribution in [3.05, 3.63) is 193 Å². The first-order valence-corrected chi connectivity index (χ1v) is 20.4. The minimum Gasteiger partial charge on any atom is -0.309 e. The molecule has 0 bridgehead atoms. The van der Waals surface area contributed by atoms with Gasteiger partial charge < -0.3 is 4.57 Å². The lowest BCUT2D eigenvalue weighted by molar-refractivity contribution is 0.661. The molecule has 276 valence electrons. The Hall–Kier alpha value is -7.56. The summed E-state index contributed by atoms with van der Waals surface area (Å²) in [5, 5.41) is 9.70. The predicted molar refractivity (Wildman–Crippen MR) is 246 cm³/mol. The fourth-order valence-corrected chi connectivity index (χ4v) is 10.4. The maximum atomic E-state index is 5.62. The van der Waals surface area contributed by atoms with Crippen molar-refractivity contribution in [2.24, 2.45) is 0 Å². The molecule has 0 unspecified atom stereocenters. The summed E-state index contributed by atoms with van der Waals surface area (Å²) in [6.45, 7) is 4.70. The van der Waals surface area contributed by atoms with Gasteiger partial charge in [0, 0.05) is 43.6 Å². The second kappa shape index (κ2) is 11.7. The number of rotatable bonds is 3. The number of fused-ring (bicyclic) bond motifs is 13. The number of hydrogen-bond donors (Lipinski definition) is 0. The summed E-state index contributed by atoms with van der Waals surface area (Å²) in [4.78, 5) is 11.2. The molecule has 0 saturated carbocycles. The Morgan fingerprint density at radius 1 is 0.407 bits per heavy atom. The first-order valence-electron chi connectivity index (χ1n) is 20.4. The molecule has 9 aromatic carbocycles. The molecular weight excluding hydrogens is 717 g/mol. The van der Waals surface area contributed by atoms with Crippen LogP contribution in [0.1, 0.15) is 25.0 Å². The van der Waals surface area contributed by atoms with Gasteiger partial charge in [-0.2, -0.15) is 0 Å². The van der Waals surface area contributed by atoms with Crippen LogP contribution in [-0.2, 0) is 5.41 Å². The Bertz CT molecular complexity index is 3770. The number of aromatic nitrogens is 4. The molecule has 1 aliphatic rings. The molecule has 4 heteroatoms. The fourth-order valence-electron chi connectivity index (χ4n) is 10.4. The van der Waals surface area contributed by atoms with Crippen LogP contribution in [0.15, 0.2) is 182 Å². The van der Waals surface area contributed by atoms with Gasteiger partial charge in [-0.15, -0.1) is 0 Å². The fraction of sp³-hybridized carbons (Fsp3) is 0.0545. The van der Waals surface area contributed by atoms with Crippen LogP contribution in [0.25, 0.3) is 110 Å². The third-order valence-electron chi connectivity index (χ3n) is 13.0. The van der Waals surface area contributed by atoms with Crippen LogP contribution in [0.2, 0.25) is 0 Å². The van der Waals surface area contributed by atoms with Gasteiger partial charge in [0.1, 0.15) is 5.69 Å². The first kappa shape index (κ1) is 32.5. The molecule has 0 amide bonds. The molecule has 3 heterocycles. The van der Waals surface area contributed by atoms with Crippen molar-refractivity contribution in [2.75, 3.05) is 0 Å². The molecule has 0 radical (unpaired) electrons. The molecule has 13 rings (SSSR count). The van der Waals surface area contributed by atoms with Crippen molar-refractivity contribution >= 4 is 76.2 Å². The predicted octanol–water partition coefficient (Wildman–Crippen LogP) is 14.1. The van der Waals surface area contributed by atoms with E-state index in [-0.39, 0.29) is 5.41 Å². The minimum atomic E-state index is -0.239. The van der Waals surface area contributed by atoms with Crippen LogP contribution in [0.4, 0.5) is 0 Å². The van der Waals surface area contributed by atoms with Crippen molar-refractivity contribution in [2.45, 2.75) is 19.3 Å². The third-order valence-corrected chi connectivity index (χ3v) is 13.0. The highest BCUT2D eigenvalue weighted by Crippen LogP contribution is 2.53. The highest BCUT2D eigenvalue weighted by Gasteiger charge is 2.38.